The first-order valence-corrected chi connectivity index (χ1v) is 5.88. The standard InChI is InChI=1S/C12H14N4O3/c1-8(13-10(17)5-6-11(18)19)12-15-14-9-4-2-3-7-16(9)12/h2-4,7-8H,5-6H2,1H3,(H,13,17)(H,18,19). The molecular weight excluding hydrogens is 248 g/mol. The van der Waals surface area contributed by atoms with E-state index in [0.717, 1.165) is 0 Å². The van der Waals surface area contributed by atoms with Crippen LogP contribution in [0, 0.1) is 0 Å². The van der Waals surface area contributed by atoms with Gasteiger partial charge in [-0.05, 0) is 19.1 Å². The van der Waals surface area contributed by atoms with Gasteiger partial charge in [-0.25, -0.2) is 0 Å². The van der Waals surface area contributed by atoms with Gasteiger partial charge in [0, 0.05) is 12.6 Å². The topological polar surface area (TPSA) is 96.6 Å². The van der Waals surface area contributed by atoms with E-state index < -0.39 is 5.97 Å². The third-order valence-electron chi connectivity index (χ3n) is 2.67. The highest BCUT2D eigenvalue weighted by molar-refractivity contribution is 5.80. The van der Waals surface area contributed by atoms with Crippen LogP contribution in [0.15, 0.2) is 24.4 Å². The monoisotopic (exact) mass is 262 g/mol. The van der Waals surface area contributed by atoms with E-state index in [4.69, 9.17) is 5.11 Å². The molecule has 2 N–H and O–H groups in total. The molecule has 100 valence electrons. The molecule has 19 heavy (non-hydrogen) atoms. The van der Waals surface area contributed by atoms with Crippen molar-refractivity contribution in [1.82, 2.24) is 19.9 Å². The SMILES string of the molecule is CC(NC(=O)CCC(=O)O)c1nnc2ccccn12. The minimum atomic E-state index is -0.990. The fraction of sp³-hybridized carbons (Fsp3) is 0.333. The molecule has 1 unspecified atom stereocenters. The smallest absolute Gasteiger partial charge is 0.303 e. The van der Waals surface area contributed by atoms with Crippen molar-refractivity contribution in [3.63, 3.8) is 0 Å². The molecule has 0 aliphatic heterocycles. The lowest BCUT2D eigenvalue weighted by molar-refractivity contribution is -0.138. The van der Waals surface area contributed by atoms with Gasteiger partial charge < -0.3 is 10.4 Å². The number of fused-ring (bicyclic) bond motifs is 1. The Morgan fingerprint density at radius 2 is 2.16 bits per heavy atom. The van der Waals surface area contributed by atoms with Gasteiger partial charge in [-0.3, -0.25) is 14.0 Å². The van der Waals surface area contributed by atoms with E-state index in [1.54, 1.807) is 11.3 Å². The minimum absolute atomic E-state index is 0.0452. The fourth-order valence-corrected chi connectivity index (χ4v) is 1.75. The van der Waals surface area contributed by atoms with E-state index in [0.29, 0.717) is 11.5 Å². The molecule has 0 aromatic carbocycles. The first-order valence-electron chi connectivity index (χ1n) is 5.88. The highest BCUT2D eigenvalue weighted by atomic mass is 16.4. The van der Waals surface area contributed by atoms with E-state index in [1.165, 1.54) is 0 Å². The molecule has 0 saturated carbocycles. The number of hydrogen-bond donors (Lipinski definition) is 2. The van der Waals surface area contributed by atoms with E-state index in [2.05, 4.69) is 15.5 Å². The van der Waals surface area contributed by atoms with E-state index in [1.807, 2.05) is 24.4 Å². The van der Waals surface area contributed by atoms with E-state index >= 15 is 0 Å². The Kier molecular flexibility index (Phi) is 3.74. The molecular formula is C12H14N4O3. The largest absolute Gasteiger partial charge is 0.481 e. The summed E-state index contributed by atoms with van der Waals surface area (Å²) in [5.74, 6) is -0.697. The molecule has 1 atom stereocenters. The zero-order valence-electron chi connectivity index (χ0n) is 10.4. The number of rotatable bonds is 5. The lowest BCUT2D eigenvalue weighted by Crippen LogP contribution is -2.28. The van der Waals surface area contributed by atoms with Gasteiger partial charge >= 0.3 is 5.97 Å². The number of carbonyl (C=O) groups excluding carboxylic acids is 1. The average molecular weight is 262 g/mol. The number of carboxylic acids is 1. The molecule has 0 fully saturated rings. The van der Waals surface area contributed by atoms with Crippen molar-refractivity contribution in [3.8, 4) is 0 Å². The lowest BCUT2D eigenvalue weighted by Gasteiger charge is -2.11. The van der Waals surface area contributed by atoms with Gasteiger partial charge in [0.1, 0.15) is 0 Å². The Labute approximate surface area is 109 Å². The zero-order chi connectivity index (χ0) is 13.8. The van der Waals surface area contributed by atoms with Crippen LogP contribution in [-0.2, 0) is 9.59 Å². The third kappa shape index (κ3) is 3.06. The number of hydrogen-bond acceptors (Lipinski definition) is 4. The van der Waals surface area contributed by atoms with Crippen molar-refractivity contribution in [1.29, 1.82) is 0 Å². The predicted octanol–water partition coefficient (Wildman–Crippen LogP) is 0.771. The Hall–Kier alpha value is -2.44. The quantitative estimate of drug-likeness (QED) is 0.829. The second-order valence-electron chi connectivity index (χ2n) is 4.17. The second kappa shape index (κ2) is 5.47. The summed E-state index contributed by atoms with van der Waals surface area (Å²) < 4.78 is 1.78. The lowest BCUT2D eigenvalue weighted by atomic mass is 10.2. The number of aliphatic carboxylic acids is 1. The molecule has 2 aromatic rings. The molecule has 2 rings (SSSR count). The summed E-state index contributed by atoms with van der Waals surface area (Å²) in [7, 11) is 0. The van der Waals surface area contributed by atoms with Gasteiger partial charge in [-0.15, -0.1) is 10.2 Å². The normalized spacial score (nSPS) is 12.3. The molecule has 7 nitrogen and oxygen atoms in total. The molecule has 0 spiro atoms. The van der Waals surface area contributed by atoms with Crippen LogP contribution in [0.5, 0.6) is 0 Å². The molecule has 0 saturated heterocycles. The minimum Gasteiger partial charge on any atom is -0.481 e. The summed E-state index contributed by atoms with van der Waals surface area (Å²) in [4.78, 5) is 21.9. The second-order valence-corrected chi connectivity index (χ2v) is 4.17. The number of nitrogens with one attached hydrogen (secondary N) is 1. The Morgan fingerprint density at radius 3 is 2.89 bits per heavy atom. The average Bonchev–Trinajstić information content (AvgIpc) is 2.80. The zero-order valence-corrected chi connectivity index (χ0v) is 10.4. The van der Waals surface area contributed by atoms with Gasteiger partial charge in [0.15, 0.2) is 11.5 Å². The first-order chi connectivity index (χ1) is 9.08. The predicted molar refractivity (Wildman–Crippen MR) is 66.4 cm³/mol. The molecule has 1 amide bonds. The maximum absolute atomic E-state index is 11.6. The number of carbonyl (C=O) groups is 2. The first kappa shape index (κ1) is 13.0. The van der Waals surface area contributed by atoms with Crippen molar-refractivity contribution in [2.24, 2.45) is 0 Å². The molecule has 0 aliphatic rings. The summed E-state index contributed by atoms with van der Waals surface area (Å²) in [6, 6.07) is 5.18. The van der Waals surface area contributed by atoms with Crippen LogP contribution in [0.4, 0.5) is 0 Å². The van der Waals surface area contributed by atoms with Crippen molar-refractivity contribution < 1.29 is 14.7 Å². The molecule has 0 radical (unpaired) electrons. The highest BCUT2D eigenvalue weighted by Crippen LogP contribution is 2.11. The van der Waals surface area contributed by atoms with Crippen molar-refractivity contribution in [2.75, 3.05) is 0 Å². The number of pyridine rings is 1. The van der Waals surface area contributed by atoms with Gasteiger partial charge in [0.2, 0.25) is 5.91 Å². The Morgan fingerprint density at radius 1 is 1.37 bits per heavy atom. The van der Waals surface area contributed by atoms with Crippen LogP contribution in [0.2, 0.25) is 0 Å². The van der Waals surface area contributed by atoms with Crippen LogP contribution >= 0.6 is 0 Å². The van der Waals surface area contributed by atoms with Crippen molar-refractivity contribution in [2.45, 2.75) is 25.8 Å². The van der Waals surface area contributed by atoms with Gasteiger partial charge in [0.25, 0.3) is 0 Å². The molecule has 2 aromatic heterocycles. The van der Waals surface area contributed by atoms with Gasteiger partial charge in [-0.1, -0.05) is 6.07 Å². The van der Waals surface area contributed by atoms with Gasteiger partial charge in [0.05, 0.1) is 12.5 Å². The molecule has 2 heterocycles. The van der Waals surface area contributed by atoms with Crippen LogP contribution in [0.25, 0.3) is 5.65 Å². The summed E-state index contributed by atoms with van der Waals surface area (Å²) in [5.41, 5.74) is 0.698. The summed E-state index contributed by atoms with van der Waals surface area (Å²) in [5, 5.41) is 19.2. The van der Waals surface area contributed by atoms with Crippen LogP contribution < -0.4 is 5.32 Å². The number of nitrogens with zero attached hydrogens (tertiary/aromatic N) is 3. The third-order valence-corrected chi connectivity index (χ3v) is 2.67. The van der Waals surface area contributed by atoms with Crippen LogP contribution in [-0.4, -0.2) is 31.6 Å². The van der Waals surface area contributed by atoms with E-state index in [9.17, 15) is 9.59 Å². The summed E-state index contributed by atoms with van der Waals surface area (Å²) in [6.07, 6.45) is 1.58. The van der Waals surface area contributed by atoms with Crippen LogP contribution in [0.3, 0.4) is 0 Å². The fourth-order valence-electron chi connectivity index (χ4n) is 1.75. The number of aromatic nitrogens is 3. The Balaban J connectivity index is 2.05. The van der Waals surface area contributed by atoms with Crippen LogP contribution in [0.1, 0.15) is 31.6 Å². The summed E-state index contributed by atoms with van der Waals surface area (Å²) in [6.45, 7) is 1.78. The molecule has 0 bridgehead atoms. The van der Waals surface area contributed by atoms with Crippen molar-refractivity contribution in [3.05, 3.63) is 30.2 Å². The summed E-state index contributed by atoms with van der Waals surface area (Å²) >= 11 is 0. The van der Waals surface area contributed by atoms with E-state index in [-0.39, 0.29) is 24.8 Å². The maximum atomic E-state index is 11.6. The van der Waals surface area contributed by atoms with Crippen molar-refractivity contribution >= 4 is 17.5 Å². The highest BCUT2D eigenvalue weighted by Gasteiger charge is 2.15. The van der Waals surface area contributed by atoms with Gasteiger partial charge in [-0.2, -0.15) is 0 Å². The molecule has 0 aliphatic carbocycles. The number of amides is 1. The molecule has 7 heteroatoms. The maximum Gasteiger partial charge on any atom is 0.303 e. The Bertz CT molecular complexity index is 608. The number of carboxylic acid groups (broad SMARTS) is 1.